The van der Waals surface area contributed by atoms with Gasteiger partial charge in [-0.05, 0) is 55.9 Å². The Balaban J connectivity index is 2.01. The lowest BCUT2D eigenvalue weighted by Crippen LogP contribution is -2.02. The van der Waals surface area contributed by atoms with Gasteiger partial charge in [0.25, 0.3) is 0 Å². The summed E-state index contributed by atoms with van der Waals surface area (Å²) in [6, 6.07) is 24.5. The van der Waals surface area contributed by atoms with E-state index in [0.29, 0.717) is 0 Å². The second-order valence-electron chi connectivity index (χ2n) is 5.90. The molecule has 1 heteroatoms. The molecule has 0 spiro atoms. The van der Waals surface area contributed by atoms with Gasteiger partial charge in [0, 0.05) is 0 Å². The van der Waals surface area contributed by atoms with E-state index >= 15 is 0 Å². The van der Waals surface area contributed by atoms with Crippen LogP contribution < -0.4 is 5.46 Å². The van der Waals surface area contributed by atoms with E-state index in [4.69, 9.17) is 0 Å². The van der Waals surface area contributed by atoms with E-state index in [-0.39, 0.29) is 0 Å². The lowest BCUT2D eigenvalue weighted by molar-refractivity contribution is 1.73. The van der Waals surface area contributed by atoms with E-state index in [1.807, 2.05) is 0 Å². The summed E-state index contributed by atoms with van der Waals surface area (Å²) >= 11 is 0. The highest BCUT2D eigenvalue weighted by atomic mass is 14.2. The van der Waals surface area contributed by atoms with Crippen molar-refractivity contribution in [3.8, 4) is 22.3 Å². The Kier molecular flexibility index (Phi) is 2.00. The van der Waals surface area contributed by atoms with E-state index in [9.17, 15) is 0 Å². The monoisotopic (exact) mass is 264 g/mol. The zero-order valence-electron chi connectivity index (χ0n) is 11.9. The highest BCUT2D eigenvalue weighted by molar-refractivity contribution is 6.40. The van der Waals surface area contributed by atoms with Crippen molar-refractivity contribution in [1.82, 2.24) is 0 Å². The summed E-state index contributed by atoms with van der Waals surface area (Å²) in [7, 11) is 2.20. The summed E-state index contributed by atoms with van der Waals surface area (Å²) in [5, 5.41) is 5.43. The molecule has 4 aromatic rings. The van der Waals surface area contributed by atoms with Gasteiger partial charge in [-0.25, -0.2) is 0 Å². The summed E-state index contributed by atoms with van der Waals surface area (Å²) < 4.78 is 0. The Hall–Kier alpha value is -2.54. The van der Waals surface area contributed by atoms with Gasteiger partial charge in [-0.1, -0.05) is 60.1 Å². The molecule has 0 bridgehead atoms. The molecule has 4 aromatic carbocycles. The van der Waals surface area contributed by atoms with Crippen LogP contribution in [0.15, 0.2) is 66.7 Å². The van der Waals surface area contributed by atoms with E-state index < -0.39 is 0 Å². The van der Waals surface area contributed by atoms with Crippen molar-refractivity contribution < 1.29 is 0 Å². The maximum Gasteiger partial charge on any atom is 0.140 e. The molecule has 0 nitrogen and oxygen atoms in total. The summed E-state index contributed by atoms with van der Waals surface area (Å²) in [4.78, 5) is 0. The fourth-order valence-electron chi connectivity index (χ4n) is 3.69. The zero-order valence-corrected chi connectivity index (χ0v) is 11.9. The van der Waals surface area contributed by atoms with Crippen LogP contribution in [0.4, 0.5) is 0 Å². The largest absolute Gasteiger partial charge is 0.140 e. The van der Waals surface area contributed by atoms with Crippen LogP contribution in [-0.4, -0.2) is 7.85 Å². The highest BCUT2D eigenvalue weighted by Gasteiger charge is 2.21. The number of hydrogen-bond acceptors (Lipinski definition) is 0. The summed E-state index contributed by atoms with van der Waals surface area (Å²) in [5.74, 6) is 0. The second kappa shape index (κ2) is 3.76. The molecule has 0 heterocycles. The quantitative estimate of drug-likeness (QED) is 0.372. The van der Waals surface area contributed by atoms with Crippen LogP contribution in [-0.2, 0) is 0 Å². The minimum absolute atomic E-state index is 1.32. The fourth-order valence-corrected chi connectivity index (χ4v) is 3.69. The molecule has 1 aliphatic carbocycles. The fraction of sp³-hybridized carbons (Fsp3) is 0. The number of hydrogen-bond donors (Lipinski definition) is 0. The smallest absolute Gasteiger partial charge is 0.0812 e. The Labute approximate surface area is 124 Å². The lowest BCUT2D eigenvalue weighted by Gasteiger charge is -2.05. The predicted octanol–water partition coefficient (Wildman–Crippen LogP) is 3.90. The topological polar surface area (TPSA) is 0 Å². The number of rotatable bonds is 0. The van der Waals surface area contributed by atoms with Gasteiger partial charge in [0.2, 0.25) is 0 Å². The van der Waals surface area contributed by atoms with Crippen LogP contribution in [0.25, 0.3) is 43.8 Å². The van der Waals surface area contributed by atoms with Crippen molar-refractivity contribution in [3.63, 3.8) is 0 Å². The van der Waals surface area contributed by atoms with Crippen LogP contribution in [0.5, 0.6) is 0 Å². The molecular formula is C20H13B. The lowest BCUT2D eigenvalue weighted by atomic mass is 9.88. The van der Waals surface area contributed by atoms with E-state index in [0.717, 1.165) is 0 Å². The molecule has 5 rings (SSSR count). The molecular weight excluding hydrogens is 251 g/mol. The van der Waals surface area contributed by atoms with Crippen LogP contribution >= 0.6 is 0 Å². The minimum Gasteiger partial charge on any atom is -0.0812 e. The molecule has 0 saturated heterocycles. The Bertz CT molecular complexity index is 995. The molecule has 0 radical (unpaired) electrons. The third kappa shape index (κ3) is 1.36. The van der Waals surface area contributed by atoms with E-state index in [1.165, 1.54) is 49.3 Å². The summed E-state index contributed by atoms with van der Waals surface area (Å²) in [6.45, 7) is 0. The number of fused-ring (bicyclic) bond motifs is 4. The second-order valence-corrected chi connectivity index (χ2v) is 5.90. The van der Waals surface area contributed by atoms with Gasteiger partial charge in [0.05, 0.1) is 0 Å². The maximum atomic E-state index is 2.34. The van der Waals surface area contributed by atoms with Gasteiger partial charge in [-0.15, -0.1) is 0 Å². The molecule has 0 amide bonds. The van der Waals surface area contributed by atoms with Crippen molar-refractivity contribution in [2.75, 3.05) is 0 Å². The summed E-state index contributed by atoms with van der Waals surface area (Å²) in [5.41, 5.74) is 6.87. The first-order valence-corrected chi connectivity index (χ1v) is 7.39. The summed E-state index contributed by atoms with van der Waals surface area (Å²) in [6.07, 6.45) is 0. The van der Waals surface area contributed by atoms with Gasteiger partial charge in [0.15, 0.2) is 0 Å². The average molecular weight is 264 g/mol. The van der Waals surface area contributed by atoms with E-state index in [2.05, 4.69) is 74.6 Å². The number of benzene rings is 4. The van der Waals surface area contributed by atoms with Gasteiger partial charge >= 0.3 is 0 Å². The third-order valence-corrected chi connectivity index (χ3v) is 4.72. The molecule has 0 saturated carbocycles. The molecule has 0 atom stereocenters. The zero-order chi connectivity index (χ0) is 14.0. The average Bonchev–Trinajstić information content (AvgIpc) is 2.84. The van der Waals surface area contributed by atoms with Crippen molar-refractivity contribution in [3.05, 3.63) is 66.7 Å². The third-order valence-electron chi connectivity index (χ3n) is 4.72. The van der Waals surface area contributed by atoms with Crippen LogP contribution in [0.1, 0.15) is 0 Å². The highest BCUT2D eigenvalue weighted by Crippen LogP contribution is 2.47. The van der Waals surface area contributed by atoms with Crippen molar-refractivity contribution in [1.29, 1.82) is 0 Å². The first-order valence-electron chi connectivity index (χ1n) is 7.39. The Morgan fingerprint density at radius 2 is 1.24 bits per heavy atom. The van der Waals surface area contributed by atoms with Gasteiger partial charge in [-0.3, -0.25) is 0 Å². The van der Waals surface area contributed by atoms with E-state index in [1.54, 1.807) is 0 Å². The molecule has 21 heavy (non-hydrogen) atoms. The Morgan fingerprint density at radius 3 is 1.95 bits per heavy atom. The standard InChI is InChI=1S/C20H13B/c21-19-9-8-15-18-11-13-5-2-1-4-12(13)10-17(18)14-6-3-7-16(19)20(14)15/h1-11H,21H2. The van der Waals surface area contributed by atoms with Crippen LogP contribution in [0.2, 0.25) is 0 Å². The van der Waals surface area contributed by atoms with Crippen LogP contribution in [0.3, 0.4) is 0 Å². The molecule has 0 unspecified atom stereocenters. The van der Waals surface area contributed by atoms with Crippen LogP contribution in [0, 0.1) is 0 Å². The van der Waals surface area contributed by atoms with Gasteiger partial charge in [0.1, 0.15) is 7.85 Å². The SMILES string of the molecule is Bc1ccc2c3c(cccc13)-c1cc3ccccc3cc1-2. The van der Waals surface area contributed by atoms with Gasteiger partial charge in [-0.2, -0.15) is 0 Å². The molecule has 0 N–H and O–H groups in total. The molecule has 0 aromatic heterocycles. The molecule has 0 aliphatic heterocycles. The molecule has 0 fully saturated rings. The first-order chi connectivity index (χ1) is 10.3. The van der Waals surface area contributed by atoms with Crippen molar-refractivity contribution >= 4 is 34.9 Å². The van der Waals surface area contributed by atoms with Crippen molar-refractivity contribution in [2.24, 2.45) is 0 Å². The van der Waals surface area contributed by atoms with Crippen molar-refractivity contribution in [2.45, 2.75) is 0 Å². The Morgan fingerprint density at radius 1 is 0.571 bits per heavy atom. The normalized spacial score (nSPS) is 12.0. The first kappa shape index (κ1) is 11.2. The maximum absolute atomic E-state index is 2.34. The predicted molar refractivity (Wildman–Crippen MR) is 94.1 cm³/mol. The minimum atomic E-state index is 1.32. The van der Waals surface area contributed by atoms with Gasteiger partial charge < -0.3 is 0 Å². The molecule has 1 aliphatic rings. The molecule has 96 valence electrons.